The van der Waals surface area contributed by atoms with E-state index in [2.05, 4.69) is 0 Å². The maximum Gasteiger partial charge on any atom is 0.151 e. The van der Waals surface area contributed by atoms with Crippen molar-refractivity contribution >= 4 is 17.7 Å². The summed E-state index contributed by atoms with van der Waals surface area (Å²) in [7, 11) is 0. The minimum Gasteiger partial charge on any atom is -0.397 e. The molecule has 4 N–H and O–H groups in total. The number of carbonyl (C=O) groups excluding carboxylic acids is 1. The molecule has 0 aliphatic carbocycles. The van der Waals surface area contributed by atoms with E-state index >= 15 is 0 Å². The van der Waals surface area contributed by atoms with Gasteiger partial charge in [-0.3, -0.25) is 4.79 Å². The molecule has 0 amide bonds. The molecule has 0 aliphatic rings. The van der Waals surface area contributed by atoms with Gasteiger partial charge in [0.2, 0.25) is 0 Å². The van der Waals surface area contributed by atoms with Crippen molar-refractivity contribution in [2.75, 3.05) is 11.5 Å². The van der Waals surface area contributed by atoms with Crippen molar-refractivity contribution in [2.24, 2.45) is 0 Å². The van der Waals surface area contributed by atoms with Crippen LogP contribution < -0.4 is 11.5 Å². The molecule has 4 nitrogen and oxygen atoms in total. The van der Waals surface area contributed by atoms with E-state index in [-0.39, 0.29) is 11.1 Å². The van der Waals surface area contributed by atoms with Gasteiger partial charge in [0.1, 0.15) is 0 Å². The molecule has 0 aliphatic heterocycles. The van der Waals surface area contributed by atoms with E-state index in [4.69, 9.17) is 16.7 Å². The highest BCUT2D eigenvalue weighted by Gasteiger charge is 2.03. The molecule has 0 bridgehead atoms. The number of nitriles is 1. The molecule has 0 aromatic heterocycles. The number of rotatable bonds is 1. The van der Waals surface area contributed by atoms with Gasteiger partial charge >= 0.3 is 0 Å². The summed E-state index contributed by atoms with van der Waals surface area (Å²) in [5, 5.41) is 8.56. The molecule has 0 unspecified atom stereocenters. The largest absolute Gasteiger partial charge is 0.397 e. The van der Waals surface area contributed by atoms with E-state index in [1.807, 2.05) is 6.07 Å². The van der Waals surface area contributed by atoms with Gasteiger partial charge in [0, 0.05) is 5.56 Å². The fraction of sp³-hybridized carbons (Fsp3) is 0. The van der Waals surface area contributed by atoms with Gasteiger partial charge in [-0.1, -0.05) is 0 Å². The van der Waals surface area contributed by atoms with Crippen LogP contribution in [0.4, 0.5) is 11.4 Å². The molecule has 4 heteroatoms. The van der Waals surface area contributed by atoms with E-state index in [9.17, 15) is 4.79 Å². The number of anilines is 2. The lowest BCUT2D eigenvalue weighted by Gasteiger charge is -2.01. The third-order valence-electron chi connectivity index (χ3n) is 1.50. The molecule has 0 spiro atoms. The maximum atomic E-state index is 10.4. The number of carbonyl (C=O) groups is 1. The highest BCUT2D eigenvalue weighted by atomic mass is 16.1. The number of hydrogen-bond acceptors (Lipinski definition) is 4. The van der Waals surface area contributed by atoms with Crippen molar-refractivity contribution in [1.29, 1.82) is 5.26 Å². The standard InChI is InChI=1S/C8H7N3O/c9-3-5-1-7(10)8(11)2-6(5)4-12/h1-2,4H,10-11H2. The summed E-state index contributed by atoms with van der Waals surface area (Å²) in [5.41, 5.74) is 12.0. The zero-order chi connectivity index (χ0) is 9.14. The highest BCUT2D eigenvalue weighted by Crippen LogP contribution is 2.18. The van der Waals surface area contributed by atoms with Crippen LogP contribution >= 0.6 is 0 Å². The predicted molar refractivity (Wildman–Crippen MR) is 45.4 cm³/mol. The van der Waals surface area contributed by atoms with Crippen LogP contribution in [0.25, 0.3) is 0 Å². The lowest BCUT2D eigenvalue weighted by atomic mass is 10.1. The van der Waals surface area contributed by atoms with Gasteiger partial charge in [0.15, 0.2) is 6.29 Å². The predicted octanol–water partition coefficient (Wildman–Crippen LogP) is 0.535. The second-order valence-corrected chi connectivity index (χ2v) is 2.30. The number of nitrogens with two attached hydrogens (primary N) is 2. The fourth-order valence-electron chi connectivity index (χ4n) is 0.845. The molecule has 1 aromatic rings. The molecular weight excluding hydrogens is 154 g/mol. The van der Waals surface area contributed by atoms with Crippen LogP contribution in [0.3, 0.4) is 0 Å². The topological polar surface area (TPSA) is 92.9 Å². The van der Waals surface area contributed by atoms with Crippen LogP contribution in [0.5, 0.6) is 0 Å². The zero-order valence-electron chi connectivity index (χ0n) is 6.24. The van der Waals surface area contributed by atoms with Crippen molar-refractivity contribution in [3.05, 3.63) is 23.3 Å². The van der Waals surface area contributed by atoms with Gasteiger partial charge in [-0.05, 0) is 12.1 Å². The number of hydrogen-bond donors (Lipinski definition) is 2. The van der Waals surface area contributed by atoms with Crippen molar-refractivity contribution < 1.29 is 4.79 Å². The summed E-state index contributed by atoms with van der Waals surface area (Å²) in [6.07, 6.45) is 0.578. The van der Waals surface area contributed by atoms with Crippen molar-refractivity contribution in [3.63, 3.8) is 0 Å². The SMILES string of the molecule is N#Cc1cc(N)c(N)cc1C=O. The van der Waals surface area contributed by atoms with E-state index in [1.54, 1.807) is 0 Å². The smallest absolute Gasteiger partial charge is 0.151 e. The second kappa shape index (κ2) is 2.93. The third-order valence-corrected chi connectivity index (χ3v) is 1.50. The monoisotopic (exact) mass is 161 g/mol. The van der Waals surface area contributed by atoms with Crippen LogP contribution in [0, 0.1) is 11.3 Å². The summed E-state index contributed by atoms with van der Waals surface area (Å²) in [4.78, 5) is 10.4. The van der Waals surface area contributed by atoms with Gasteiger partial charge in [0.05, 0.1) is 23.0 Å². The first kappa shape index (κ1) is 8.08. The quantitative estimate of drug-likeness (QED) is 0.464. The number of nitrogen functional groups attached to an aromatic ring is 2. The second-order valence-electron chi connectivity index (χ2n) is 2.30. The van der Waals surface area contributed by atoms with E-state index < -0.39 is 0 Å². The number of aldehydes is 1. The molecule has 0 fully saturated rings. The van der Waals surface area contributed by atoms with Crippen LogP contribution in [-0.2, 0) is 0 Å². The Morgan fingerprint density at radius 1 is 1.33 bits per heavy atom. The Hall–Kier alpha value is -2.02. The van der Waals surface area contributed by atoms with Crippen molar-refractivity contribution in [2.45, 2.75) is 0 Å². The van der Waals surface area contributed by atoms with Crippen LogP contribution in [0.1, 0.15) is 15.9 Å². The van der Waals surface area contributed by atoms with Crippen molar-refractivity contribution in [1.82, 2.24) is 0 Å². The minimum absolute atomic E-state index is 0.247. The Kier molecular flexibility index (Phi) is 1.97. The Bertz CT molecular complexity index is 365. The van der Waals surface area contributed by atoms with Gasteiger partial charge in [-0.2, -0.15) is 5.26 Å². The number of nitrogens with zero attached hydrogens (tertiary/aromatic N) is 1. The average Bonchev–Trinajstić information content (AvgIpc) is 2.09. The zero-order valence-corrected chi connectivity index (χ0v) is 6.24. The highest BCUT2D eigenvalue weighted by molar-refractivity contribution is 5.84. The summed E-state index contributed by atoms with van der Waals surface area (Å²) in [6.45, 7) is 0. The minimum atomic E-state index is 0.247. The molecule has 12 heavy (non-hydrogen) atoms. The Labute approximate surface area is 69.4 Å². The van der Waals surface area contributed by atoms with Gasteiger partial charge in [-0.15, -0.1) is 0 Å². The van der Waals surface area contributed by atoms with Gasteiger partial charge in [-0.25, -0.2) is 0 Å². The Morgan fingerprint density at radius 3 is 2.42 bits per heavy atom. The van der Waals surface area contributed by atoms with Gasteiger partial charge < -0.3 is 11.5 Å². The first-order valence-electron chi connectivity index (χ1n) is 3.23. The fourth-order valence-corrected chi connectivity index (χ4v) is 0.845. The Balaban J connectivity index is 3.41. The molecule has 60 valence electrons. The van der Waals surface area contributed by atoms with E-state index in [1.165, 1.54) is 12.1 Å². The molecule has 0 heterocycles. The maximum absolute atomic E-state index is 10.4. The normalized spacial score (nSPS) is 8.92. The molecule has 0 radical (unpaired) electrons. The molecule has 1 aromatic carbocycles. The lowest BCUT2D eigenvalue weighted by Crippen LogP contribution is -1.98. The van der Waals surface area contributed by atoms with E-state index in [0.29, 0.717) is 17.7 Å². The first-order valence-corrected chi connectivity index (χ1v) is 3.23. The summed E-state index contributed by atoms with van der Waals surface area (Å²) in [6, 6.07) is 4.63. The third kappa shape index (κ3) is 1.20. The van der Waals surface area contributed by atoms with Crippen LogP contribution in [0.15, 0.2) is 12.1 Å². The molecule has 0 saturated heterocycles. The first-order chi connectivity index (χ1) is 5.69. The molecule has 0 saturated carbocycles. The molecule has 0 atom stereocenters. The summed E-state index contributed by atoms with van der Waals surface area (Å²) in [5.74, 6) is 0. The Morgan fingerprint density at radius 2 is 1.92 bits per heavy atom. The molecule has 1 rings (SSSR count). The average molecular weight is 161 g/mol. The van der Waals surface area contributed by atoms with E-state index in [0.717, 1.165) is 0 Å². The number of benzene rings is 1. The lowest BCUT2D eigenvalue weighted by molar-refractivity contribution is 0.112. The summed E-state index contributed by atoms with van der Waals surface area (Å²) < 4.78 is 0. The summed E-state index contributed by atoms with van der Waals surface area (Å²) >= 11 is 0. The van der Waals surface area contributed by atoms with Crippen molar-refractivity contribution in [3.8, 4) is 6.07 Å². The van der Waals surface area contributed by atoms with Crippen LogP contribution in [-0.4, -0.2) is 6.29 Å². The molecular formula is C8H7N3O. The van der Waals surface area contributed by atoms with Gasteiger partial charge in [0.25, 0.3) is 0 Å². The van der Waals surface area contributed by atoms with Crippen LogP contribution in [0.2, 0.25) is 0 Å².